The highest BCUT2D eigenvalue weighted by Gasteiger charge is 2.30. The minimum atomic E-state index is -0.464. The summed E-state index contributed by atoms with van der Waals surface area (Å²) in [5.74, 6) is 0.263. The molecule has 1 aliphatic heterocycles. The van der Waals surface area contributed by atoms with Crippen molar-refractivity contribution in [3.05, 3.63) is 33.8 Å². The number of benzene rings is 1. The molecule has 1 amide bonds. The molecular formula is C15H19Cl2NO2. The van der Waals surface area contributed by atoms with Crippen LogP contribution in [-0.4, -0.2) is 29.7 Å². The molecule has 1 atom stereocenters. The quantitative estimate of drug-likeness (QED) is 0.750. The number of hydrogen-bond acceptors (Lipinski definition) is 2. The molecular weight excluding hydrogens is 297 g/mol. The molecule has 0 radical (unpaired) electrons. The zero-order valence-corrected chi connectivity index (χ0v) is 13.5. The normalized spacial score (nSPS) is 19.2. The first kappa shape index (κ1) is 15.5. The Morgan fingerprint density at radius 1 is 1.25 bits per heavy atom. The Balaban J connectivity index is 2.03. The lowest BCUT2D eigenvalue weighted by Gasteiger charge is -2.24. The average molecular weight is 316 g/mol. The predicted molar refractivity (Wildman–Crippen MR) is 81.6 cm³/mol. The molecule has 1 aromatic rings. The molecule has 1 heterocycles. The van der Waals surface area contributed by atoms with Gasteiger partial charge < -0.3 is 9.64 Å². The second-order valence-electron chi connectivity index (χ2n) is 6.11. The summed E-state index contributed by atoms with van der Waals surface area (Å²) in [7, 11) is 0. The van der Waals surface area contributed by atoms with Gasteiger partial charge in [-0.25, -0.2) is 4.79 Å². The van der Waals surface area contributed by atoms with Crippen LogP contribution in [0.1, 0.15) is 38.7 Å². The van der Waals surface area contributed by atoms with E-state index in [4.69, 9.17) is 27.9 Å². The van der Waals surface area contributed by atoms with E-state index in [0.29, 0.717) is 23.1 Å². The molecule has 1 aliphatic rings. The van der Waals surface area contributed by atoms with Crippen LogP contribution in [-0.2, 0) is 4.74 Å². The maximum Gasteiger partial charge on any atom is 0.410 e. The Morgan fingerprint density at radius 2 is 1.85 bits per heavy atom. The van der Waals surface area contributed by atoms with Crippen LogP contribution in [0.3, 0.4) is 0 Å². The van der Waals surface area contributed by atoms with E-state index in [1.165, 1.54) is 0 Å². The average Bonchev–Trinajstić information content (AvgIpc) is 2.74. The summed E-state index contributed by atoms with van der Waals surface area (Å²) in [5, 5.41) is 1.26. The van der Waals surface area contributed by atoms with Gasteiger partial charge in [0.05, 0.1) is 0 Å². The maximum atomic E-state index is 12.0. The fraction of sp³-hybridized carbons (Fsp3) is 0.533. The first-order valence-electron chi connectivity index (χ1n) is 6.68. The highest BCUT2D eigenvalue weighted by molar-refractivity contribution is 6.34. The summed E-state index contributed by atoms with van der Waals surface area (Å²) in [6.07, 6.45) is 0.642. The number of hydrogen-bond donors (Lipinski definition) is 0. The van der Waals surface area contributed by atoms with Crippen LogP contribution in [0.25, 0.3) is 0 Å². The van der Waals surface area contributed by atoms with E-state index in [-0.39, 0.29) is 12.0 Å². The molecule has 110 valence electrons. The summed E-state index contributed by atoms with van der Waals surface area (Å²) < 4.78 is 5.39. The van der Waals surface area contributed by atoms with Gasteiger partial charge in [0.15, 0.2) is 0 Å². The summed E-state index contributed by atoms with van der Waals surface area (Å²) >= 11 is 12.0. The fourth-order valence-corrected chi connectivity index (χ4v) is 2.88. The van der Waals surface area contributed by atoms with Crippen molar-refractivity contribution in [1.82, 2.24) is 4.90 Å². The van der Waals surface area contributed by atoms with E-state index in [2.05, 4.69) is 0 Å². The third kappa shape index (κ3) is 4.03. The predicted octanol–water partition coefficient (Wildman–Crippen LogP) is 4.72. The molecule has 0 saturated carbocycles. The largest absolute Gasteiger partial charge is 0.444 e. The second kappa shape index (κ2) is 5.82. The van der Waals surface area contributed by atoms with Crippen molar-refractivity contribution in [2.24, 2.45) is 0 Å². The number of amides is 1. The monoisotopic (exact) mass is 315 g/mol. The number of ether oxygens (including phenoxy) is 1. The van der Waals surface area contributed by atoms with E-state index in [9.17, 15) is 4.79 Å². The minimum absolute atomic E-state index is 0.256. The zero-order valence-electron chi connectivity index (χ0n) is 12.0. The molecule has 1 unspecified atom stereocenters. The van der Waals surface area contributed by atoms with Gasteiger partial charge in [-0.15, -0.1) is 0 Å². The van der Waals surface area contributed by atoms with Crippen molar-refractivity contribution in [2.45, 2.75) is 38.7 Å². The molecule has 0 spiro atoms. The van der Waals surface area contributed by atoms with Crippen LogP contribution in [0.15, 0.2) is 18.2 Å². The molecule has 2 rings (SSSR count). The topological polar surface area (TPSA) is 29.5 Å². The third-order valence-electron chi connectivity index (χ3n) is 3.20. The maximum absolute atomic E-state index is 12.0. The van der Waals surface area contributed by atoms with E-state index >= 15 is 0 Å². The van der Waals surface area contributed by atoms with Crippen LogP contribution in [0, 0.1) is 0 Å². The molecule has 0 aromatic heterocycles. The second-order valence-corrected chi connectivity index (χ2v) is 6.99. The number of carbonyl (C=O) groups excluding carboxylic acids is 1. The Labute approximate surface area is 129 Å². The molecule has 5 heteroatoms. The molecule has 0 N–H and O–H groups in total. The van der Waals surface area contributed by atoms with Crippen molar-refractivity contribution >= 4 is 29.3 Å². The van der Waals surface area contributed by atoms with Crippen molar-refractivity contribution in [3.63, 3.8) is 0 Å². The molecule has 1 fully saturated rings. The van der Waals surface area contributed by atoms with Gasteiger partial charge >= 0.3 is 6.09 Å². The number of carbonyl (C=O) groups is 1. The van der Waals surface area contributed by atoms with Gasteiger partial charge in [0.25, 0.3) is 0 Å². The fourth-order valence-electron chi connectivity index (χ4n) is 2.34. The highest BCUT2D eigenvalue weighted by Crippen LogP contribution is 2.31. The van der Waals surface area contributed by atoms with Gasteiger partial charge in [-0.3, -0.25) is 0 Å². The Hall–Kier alpha value is -0.930. The van der Waals surface area contributed by atoms with Crippen LogP contribution < -0.4 is 0 Å². The van der Waals surface area contributed by atoms with Crippen LogP contribution in [0.4, 0.5) is 4.79 Å². The van der Waals surface area contributed by atoms with E-state index < -0.39 is 5.60 Å². The molecule has 0 bridgehead atoms. The lowest BCUT2D eigenvalue weighted by atomic mass is 9.99. The lowest BCUT2D eigenvalue weighted by molar-refractivity contribution is 0.0292. The van der Waals surface area contributed by atoms with Crippen molar-refractivity contribution < 1.29 is 9.53 Å². The first-order valence-corrected chi connectivity index (χ1v) is 7.44. The molecule has 1 saturated heterocycles. The summed E-state index contributed by atoms with van der Waals surface area (Å²) in [6, 6.07) is 5.54. The van der Waals surface area contributed by atoms with Crippen molar-refractivity contribution in [1.29, 1.82) is 0 Å². The molecule has 0 aliphatic carbocycles. The van der Waals surface area contributed by atoms with Crippen LogP contribution >= 0.6 is 23.2 Å². The standard InChI is InChI=1S/C15H19Cl2NO2/c1-15(2,3)20-14(19)18-5-4-10(9-18)11-6-12(16)8-13(17)7-11/h6-8,10H,4-5,9H2,1-3H3. The van der Waals surface area contributed by atoms with E-state index in [1.807, 2.05) is 32.9 Å². The van der Waals surface area contributed by atoms with Crippen molar-refractivity contribution in [2.75, 3.05) is 13.1 Å². The lowest BCUT2D eigenvalue weighted by Crippen LogP contribution is -2.35. The van der Waals surface area contributed by atoms with Crippen LogP contribution in [0.5, 0.6) is 0 Å². The van der Waals surface area contributed by atoms with Gasteiger partial charge in [0.1, 0.15) is 5.60 Å². The third-order valence-corrected chi connectivity index (χ3v) is 3.63. The zero-order chi connectivity index (χ0) is 14.9. The van der Waals surface area contributed by atoms with Crippen LogP contribution in [0.2, 0.25) is 10.0 Å². The molecule has 1 aromatic carbocycles. The van der Waals surface area contributed by atoms with Gasteiger partial charge in [0.2, 0.25) is 0 Å². The number of likely N-dealkylation sites (tertiary alicyclic amines) is 1. The Kier molecular flexibility index (Phi) is 4.50. The van der Waals surface area contributed by atoms with Gasteiger partial charge in [-0.2, -0.15) is 0 Å². The van der Waals surface area contributed by atoms with Gasteiger partial charge in [-0.05, 0) is 51.0 Å². The number of halogens is 2. The highest BCUT2D eigenvalue weighted by atomic mass is 35.5. The smallest absolute Gasteiger partial charge is 0.410 e. The van der Waals surface area contributed by atoms with Crippen molar-refractivity contribution in [3.8, 4) is 0 Å². The molecule has 20 heavy (non-hydrogen) atoms. The van der Waals surface area contributed by atoms with Gasteiger partial charge in [-0.1, -0.05) is 23.2 Å². The number of nitrogens with zero attached hydrogens (tertiary/aromatic N) is 1. The Bertz CT molecular complexity index is 491. The SMILES string of the molecule is CC(C)(C)OC(=O)N1CCC(c2cc(Cl)cc(Cl)c2)C1. The van der Waals surface area contributed by atoms with Gasteiger partial charge in [0, 0.05) is 29.1 Å². The Morgan fingerprint density at radius 3 is 2.40 bits per heavy atom. The minimum Gasteiger partial charge on any atom is -0.444 e. The van der Waals surface area contributed by atoms with E-state index in [1.54, 1.807) is 11.0 Å². The first-order chi connectivity index (χ1) is 9.24. The number of rotatable bonds is 1. The van der Waals surface area contributed by atoms with E-state index in [0.717, 1.165) is 12.0 Å². The molecule has 3 nitrogen and oxygen atoms in total. The summed E-state index contributed by atoms with van der Waals surface area (Å²) in [4.78, 5) is 13.8. The summed E-state index contributed by atoms with van der Waals surface area (Å²) in [5.41, 5.74) is 0.614. The summed E-state index contributed by atoms with van der Waals surface area (Å²) in [6.45, 7) is 6.95.